The van der Waals surface area contributed by atoms with Gasteiger partial charge in [0.1, 0.15) is 5.82 Å². The number of nitrogens with one attached hydrogen (secondary N) is 2. The lowest BCUT2D eigenvalue weighted by molar-refractivity contribution is -0.127. The van der Waals surface area contributed by atoms with Crippen molar-refractivity contribution in [3.8, 4) is 0 Å². The molecule has 0 saturated carbocycles. The van der Waals surface area contributed by atoms with Crippen LogP contribution in [0.4, 0.5) is 10.1 Å². The van der Waals surface area contributed by atoms with Crippen molar-refractivity contribution in [2.75, 3.05) is 18.4 Å². The van der Waals surface area contributed by atoms with Crippen LogP contribution >= 0.6 is 0 Å². The van der Waals surface area contributed by atoms with Gasteiger partial charge in [0.15, 0.2) is 0 Å². The largest absolute Gasteiger partial charge is 0.324 e. The van der Waals surface area contributed by atoms with Gasteiger partial charge in [-0.25, -0.2) is 4.39 Å². The number of anilines is 1. The van der Waals surface area contributed by atoms with Crippen LogP contribution in [0.1, 0.15) is 26.2 Å². The minimum absolute atomic E-state index is 0.0288. The molecule has 1 aromatic heterocycles. The van der Waals surface area contributed by atoms with Crippen molar-refractivity contribution < 1.29 is 9.18 Å². The third-order valence-electron chi connectivity index (χ3n) is 3.68. The van der Waals surface area contributed by atoms with E-state index in [9.17, 15) is 9.18 Å². The number of hydrogen-bond acceptors (Lipinski definition) is 3. The molecule has 1 aromatic rings. The monoisotopic (exact) mass is 251 g/mol. The lowest BCUT2D eigenvalue weighted by Crippen LogP contribution is -2.44. The number of piperidine rings is 1. The van der Waals surface area contributed by atoms with Crippen LogP contribution in [-0.4, -0.2) is 24.0 Å². The van der Waals surface area contributed by atoms with Crippen molar-refractivity contribution >= 4 is 11.6 Å². The maximum absolute atomic E-state index is 13.0. The standard InChI is InChI=1S/C13H18FN3O/c1-2-13(3-5-15-6-4-13)12(18)17-11-7-10(14)8-16-9-11/h7-9,15H,2-6H2,1H3,(H,17,18). The Kier molecular flexibility index (Phi) is 3.91. The van der Waals surface area contributed by atoms with Gasteiger partial charge < -0.3 is 10.6 Å². The van der Waals surface area contributed by atoms with Crippen molar-refractivity contribution in [3.63, 3.8) is 0 Å². The van der Waals surface area contributed by atoms with Crippen molar-refractivity contribution in [2.45, 2.75) is 26.2 Å². The fourth-order valence-corrected chi connectivity index (χ4v) is 2.39. The van der Waals surface area contributed by atoms with E-state index in [1.54, 1.807) is 0 Å². The fourth-order valence-electron chi connectivity index (χ4n) is 2.39. The van der Waals surface area contributed by atoms with E-state index in [2.05, 4.69) is 15.6 Å². The first kappa shape index (κ1) is 13.0. The number of pyridine rings is 1. The van der Waals surface area contributed by atoms with E-state index in [1.165, 1.54) is 12.3 Å². The summed E-state index contributed by atoms with van der Waals surface area (Å²) in [6.07, 6.45) is 5.01. The maximum atomic E-state index is 13.0. The highest BCUT2D eigenvalue weighted by Gasteiger charge is 2.37. The van der Waals surface area contributed by atoms with Crippen LogP contribution in [0.15, 0.2) is 18.5 Å². The summed E-state index contributed by atoms with van der Waals surface area (Å²) in [5.41, 5.74) is 0.0868. The number of hydrogen-bond donors (Lipinski definition) is 2. The van der Waals surface area contributed by atoms with Crippen LogP contribution < -0.4 is 10.6 Å². The van der Waals surface area contributed by atoms with Crippen LogP contribution in [0.2, 0.25) is 0 Å². The van der Waals surface area contributed by atoms with Crippen LogP contribution in [0, 0.1) is 11.2 Å². The summed E-state index contributed by atoms with van der Waals surface area (Å²) in [6, 6.07) is 1.29. The van der Waals surface area contributed by atoms with E-state index in [1.807, 2.05) is 6.92 Å². The zero-order chi connectivity index (χ0) is 13.0. The first-order chi connectivity index (χ1) is 8.66. The van der Waals surface area contributed by atoms with Crippen molar-refractivity contribution in [1.82, 2.24) is 10.3 Å². The fraction of sp³-hybridized carbons (Fsp3) is 0.538. The number of nitrogens with zero attached hydrogens (tertiary/aromatic N) is 1. The van der Waals surface area contributed by atoms with E-state index in [-0.39, 0.29) is 11.3 Å². The molecule has 2 heterocycles. The molecular weight excluding hydrogens is 233 g/mol. The third kappa shape index (κ3) is 2.67. The van der Waals surface area contributed by atoms with E-state index < -0.39 is 5.82 Å². The Bertz CT molecular complexity index is 430. The van der Waals surface area contributed by atoms with Gasteiger partial charge in [0, 0.05) is 6.07 Å². The smallest absolute Gasteiger partial charge is 0.230 e. The van der Waals surface area contributed by atoms with Crippen LogP contribution in [0.25, 0.3) is 0 Å². The summed E-state index contributed by atoms with van der Waals surface area (Å²) >= 11 is 0. The molecule has 5 heteroatoms. The van der Waals surface area contributed by atoms with Gasteiger partial charge in [0.05, 0.1) is 23.5 Å². The molecule has 18 heavy (non-hydrogen) atoms. The predicted octanol–water partition coefficient (Wildman–Crippen LogP) is 1.94. The Morgan fingerprint density at radius 2 is 2.22 bits per heavy atom. The molecule has 0 radical (unpaired) electrons. The first-order valence-electron chi connectivity index (χ1n) is 6.29. The molecule has 0 atom stereocenters. The topological polar surface area (TPSA) is 54.0 Å². The Morgan fingerprint density at radius 3 is 2.83 bits per heavy atom. The minimum Gasteiger partial charge on any atom is -0.324 e. The number of aromatic nitrogens is 1. The quantitative estimate of drug-likeness (QED) is 0.863. The summed E-state index contributed by atoms with van der Waals surface area (Å²) in [7, 11) is 0. The average molecular weight is 251 g/mol. The number of carbonyl (C=O) groups is 1. The Balaban J connectivity index is 2.10. The maximum Gasteiger partial charge on any atom is 0.230 e. The second-order valence-corrected chi connectivity index (χ2v) is 4.73. The summed E-state index contributed by atoms with van der Waals surface area (Å²) in [5.74, 6) is -0.470. The molecule has 1 fully saturated rings. The van der Waals surface area contributed by atoms with Gasteiger partial charge in [0.25, 0.3) is 0 Å². The molecule has 98 valence electrons. The van der Waals surface area contributed by atoms with Gasteiger partial charge in [-0.1, -0.05) is 6.92 Å². The summed E-state index contributed by atoms with van der Waals surface area (Å²) in [5, 5.41) is 6.02. The number of carbonyl (C=O) groups excluding carboxylic acids is 1. The van der Waals surface area contributed by atoms with Gasteiger partial charge in [-0.05, 0) is 32.4 Å². The molecule has 2 rings (SSSR count). The lowest BCUT2D eigenvalue weighted by atomic mass is 9.76. The number of amides is 1. The Hall–Kier alpha value is -1.49. The van der Waals surface area contributed by atoms with Gasteiger partial charge >= 0.3 is 0 Å². The van der Waals surface area contributed by atoms with E-state index in [0.717, 1.165) is 38.5 Å². The third-order valence-corrected chi connectivity index (χ3v) is 3.68. The predicted molar refractivity (Wildman–Crippen MR) is 67.7 cm³/mol. The van der Waals surface area contributed by atoms with Crippen molar-refractivity contribution in [2.24, 2.45) is 5.41 Å². The molecule has 0 aromatic carbocycles. The minimum atomic E-state index is -0.441. The van der Waals surface area contributed by atoms with E-state index in [0.29, 0.717) is 5.69 Å². The molecule has 2 N–H and O–H groups in total. The Labute approximate surface area is 106 Å². The van der Waals surface area contributed by atoms with E-state index in [4.69, 9.17) is 0 Å². The summed E-state index contributed by atoms with van der Waals surface area (Å²) < 4.78 is 13.0. The molecule has 0 aliphatic carbocycles. The second kappa shape index (κ2) is 5.44. The summed E-state index contributed by atoms with van der Waals surface area (Å²) in [6.45, 7) is 3.72. The number of rotatable bonds is 3. The molecule has 1 aliphatic heterocycles. The molecule has 1 saturated heterocycles. The zero-order valence-corrected chi connectivity index (χ0v) is 10.5. The van der Waals surface area contributed by atoms with E-state index >= 15 is 0 Å². The highest BCUT2D eigenvalue weighted by atomic mass is 19.1. The van der Waals surface area contributed by atoms with Gasteiger partial charge in [-0.2, -0.15) is 0 Å². The average Bonchev–Trinajstić information content (AvgIpc) is 2.39. The molecule has 0 bridgehead atoms. The van der Waals surface area contributed by atoms with Crippen molar-refractivity contribution in [3.05, 3.63) is 24.3 Å². The lowest BCUT2D eigenvalue weighted by Gasteiger charge is -2.35. The van der Waals surface area contributed by atoms with Crippen LogP contribution in [-0.2, 0) is 4.79 Å². The van der Waals surface area contributed by atoms with Crippen LogP contribution in [0.3, 0.4) is 0 Å². The highest BCUT2D eigenvalue weighted by molar-refractivity contribution is 5.95. The van der Waals surface area contributed by atoms with Crippen molar-refractivity contribution in [1.29, 1.82) is 0 Å². The molecular formula is C13H18FN3O. The van der Waals surface area contributed by atoms with Gasteiger partial charge in [-0.15, -0.1) is 0 Å². The number of halogens is 1. The molecule has 0 unspecified atom stereocenters. The van der Waals surface area contributed by atoms with Crippen LogP contribution in [0.5, 0.6) is 0 Å². The highest BCUT2D eigenvalue weighted by Crippen LogP contribution is 2.33. The second-order valence-electron chi connectivity index (χ2n) is 4.73. The van der Waals surface area contributed by atoms with Gasteiger partial charge in [0.2, 0.25) is 5.91 Å². The zero-order valence-electron chi connectivity index (χ0n) is 10.5. The molecule has 4 nitrogen and oxygen atoms in total. The Morgan fingerprint density at radius 1 is 1.50 bits per heavy atom. The van der Waals surface area contributed by atoms with Gasteiger partial charge in [-0.3, -0.25) is 9.78 Å². The first-order valence-corrected chi connectivity index (χ1v) is 6.29. The summed E-state index contributed by atoms with van der Waals surface area (Å²) in [4.78, 5) is 16.1. The molecule has 1 aliphatic rings. The molecule has 0 spiro atoms. The normalized spacial score (nSPS) is 18.3. The SMILES string of the molecule is CCC1(C(=O)Nc2cncc(F)c2)CCNCC1. The molecule has 1 amide bonds.